The van der Waals surface area contributed by atoms with Gasteiger partial charge in [-0.15, -0.1) is 0 Å². The number of hydrogen-bond donors (Lipinski definition) is 0. The molecule has 1 unspecified atom stereocenters. The third-order valence-electron chi connectivity index (χ3n) is 3.46. The van der Waals surface area contributed by atoms with Gasteiger partial charge in [-0.1, -0.05) is 12.1 Å². The van der Waals surface area contributed by atoms with Gasteiger partial charge in [0.05, 0.1) is 25.0 Å². The zero-order valence-corrected chi connectivity index (χ0v) is 13.8. The van der Waals surface area contributed by atoms with Crippen molar-refractivity contribution in [2.24, 2.45) is 0 Å². The maximum Gasteiger partial charge on any atom is 0.252 e. The van der Waals surface area contributed by atoms with E-state index in [1.807, 2.05) is 6.92 Å². The summed E-state index contributed by atoms with van der Waals surface area (Å²) in [5.74, 6) is 0.919. The van der Waals surface area contributed by atoms with Crippen LogP contribution in [0.15, 0.2) is 4.52 Å². The molecule has 1 fully saturated rings. The molecule has 0 saturated carbocycles. The summed E-state index contributed by atoms with van der Waals surface area (Å²) < 4.78 is 41.4. The van der Waals surface area contributed by atoms with Crippen molar-refractivity contribution in [3.05, 3.63) is 11.7 Å². The summed E-state index contributed by atoms with van der Waals surface area (Å²) in [7, 11) is -1.66. The van der Waals surface area contributed by atoms with E-state index in [1.165, 1.54) is 4.31 Å². The maximum atomic E-state index is 12.3. The average molecular weight is 333 g/mol. The van der Waals surface area contributed by atoms with E-state index in [1.54, 1.807) is 7.11 Å². The van der Waals surface area contributed by atoms with Gasteiger partial charge in [0.1, 0.15) is 6.61 Å². The molecule has 0 N–H and O–H groups in total. The second-order valence-corrected chi connectivity index (χ2v) is 7.22. The van der Waals surface area contributed by atoms with Crippen molar-refractivity contribution in [3.63, 3.8) is 0 Å². The standard InChI is InChI=1S/C13H23N3O5S/c1-3-9-22(17,18)16-6-4-5-11(16)13-14-12(21-15-13)10-20-8-7-19-2/h11H,3-10H2,1-2H3. The van der Waals surface area contributed by atoms with Crippen LogP contribution in [0.3, 0.4) is 0 Å². The van der Waals surface area contributed by atoms with Crippen LogP contribution in [-0.4, -0.2) is 55.5 Å². The van der Waals surface area contributed by atoms with Crippen molar-refractivity contribution in [1.82, 2.24) is 14.4 Å². The number of methoxy groups -OCH3 is 1. The van der Waals surface area contributed by atoms with E-state index in [2.05, 4.69) is 10.1 Å². The van der Waals surface area contributed by atoms with E-state index in [0.29, 0.717) is 44.3 Å². The Kier molecular flexibility index (Phi) is 6.30. The number of aromatic nitrogens is 2. The Morgan fingerprint density at radius 1 is 1.41 bits per heavy atom. The molecule has 1 aromatic rings. The van der Waals surface area contributed by atoms with Crippen molar-refractivity contribution in [2.45, 2.75) is 38.8 Å². The normalized spacial score (nSPS) is 19.8. The van der Waals surface area contributed by atoms with E-state index in [-0.39, 0.29) is 18.4 Å². The van der Waals surface area contributed by atoms with Gasteiger partial charge in [0.2, 0.25) is 10.0 Å². The molecule has 1 atom stereocenters. The van der Waals surface area contributed by atoms with Crippen molar-refractivity contribution in [2.75, 3.05) is 32.6 Å². The molecule has 22 heavy (non-hydrogen) atoms. The summed E-state index contributed by atoms with van der Waals surface area (Å²) in [5, 5.41) is 3.92. The first-order valence-electron chi connectivity index (χ1n) is 7.47. The Morgan fingerprint density at radius 2 is 2.23 bits per heavy atom. The van der Waals surface area contributed by atoms with Crippen molar-refractivity contribution in [3.8, 4) is 0 Å². The van der Waals surface area contributed by atoms with E-state index >= 15 is 0 Å². The fourth-order valence-electron chi connectivity index (χ4n) is 2.47. The smallest absolute Gasteiger partial charge is 0.252 e. The van der Waals surface area contributed by atoms with Gasteiger partial charge in [0.15, 0.2) is 5.82 Å². The van der Waals surface area contributed by atoms with E-state index < -0.39 is 10.0 Å². The Hall–Kier alpha value is -1.03. The van der Waals surface area contributed by atoms with Crippen LogP contribution in [0, 0.1) is 0 Å². The van der Waals surface area contributed by atoms with Gasteiger partial charge >= 0.3 is 0 Å². The highest BCUT2D eigenvalue weighted by atomic mass is 32.2. The van der Waals surface area contributed by atoms with Crippen LogP contribution in [0.1, 0.15) is 43.9 Å². The molecular weight excluding hydrogens is 310 g/mol. The number of nitrogens with zero attached hydrogens (tertiary/aromatic N) is 3. The fraction of sp³-hybridized carbons (Fsp3) is 0.846. The van der Waals surface area contributed by atoms with Gasteiger partial charge in [-0.3, -0.25) is 0 Å². The molecular formula is C13H23N3O5S. The second kappa shape index (κ2) is 8.00. The van der Waals surface area contributed by atoms with Gasteiger partial charge in [-0.05, 0) is 19.3 Å². The molecule has 2 rings (SSSR count). The fourth-order valence-corrected chi connectivity index (χ4v) is 4.22. The first-order valence-corrected chi connectivity index (χ1v) is 9.08. The number of rotatable bonds is 9. The number of hydrogen-bond acceptors (Lipinski definition) is 7. The molecule has 1 aliphatic heterocycles. The number of sulfonamides is 1. The molecule has 1 aromatic heterocycles. The van der Waals surface area contributed by atoms with Crippen LogP contribution in [0.2, 0.25) is 0 Å². The molecule has 1 aliphatic rings. The summed E-state index contributed by atoms with van der Waals surface area (Å²) in [4.78, 5) is 4.26. The van der Waals surface area contributed by atoms with Gasteiger partial charge in [0.25, 0.3) is 5.89 Å². The van der Waals surface area contributed by atoms with E-state index in [0.717, 1.165) is 6.42 Å². The lowest BCUT2D eigenvalue weighted by Gasteiger charge is -2.21. The molecule has 0 aromatic carbocycles. The van der Waals surface area contributed by atoms with Crippen LogP contribution in [0.25, 0.3) is 0 Å². The molecule has 0 bridgehead atoms. The Labute approximate surface area is 130 Å². The molecule has 1 saturated heterocycles. The maximum absolute atomic E-state index is 12.3. The lowest BCUT2D eigenvalue weighted by Crippen LogP contribution is -2.33. The topological polar surface area (TPSA) is 94.8 Å². The van der Waals surface area contributed by atoms with Crippen molar-refractivity contribution in [1.29, 1.82) is 0 Å². The third-order valence-corrected chi connectivity index (χ3v) is 5.54. The Morgan fingerprint density at radius 3 is 2.95 bits per heavy atom. The van der Waals surface area contributed by atoms with Gasteiger partial charge in [0, 0.05) is 13.7 Å². The summed E-state index contributed by atoms with van der Waals surface area (Å²) in [6, 6.07) is -0.326. The van der Waals surface area contributed by atoms with Crippen LogP contribution >= 0.6 is 0 Å². The predicted molar refractivity (Wildman–Crippen MR) is 78.6 cm³/mol. The zero-order valence-electron chi connectivity index (χ0n) is 13.0. The van der Waals surface area contributed by atoms with Crippen LogP contribution < -0.4 is 0 Å². The minimum absolute atomic E-state index is 0.147. The first-order chi connectivity index (χ1) is 10.6. The molecule has 8 nitrogen and oxygen atoms in total. The van der Waals surface area contributed by atoms with Crippen LogP contribution in [-0.2, 0) is 26.1 Å². The molecule has 2 heterocycles. The Bertz CT molecular complexity index is 560. The van der Waals surface area contributed by atoms with Gasteiger partial charge in [-0.2, -0.15) is 9.29 Å². The number of ether oxygens (including phenoxy) is 2. The Balaban J connectivity index is 2.00. The second-order valence-electron chi connectivity index (χ2n) is 5.18. The molecule has 0 spiro atoms. The lowest BCUT2D eigenvalue weighted by atomic mass is 10.2. The summed E-state index contributed by atoms with van der Waals surface area (Å²) in [5.41, 5.74) is 0. The molecule has 0 amide bonds. The first kappa shape index (κ1) is 17.3. The highest BCUT2D eigenvalue weighted by molar-refractivity contribution is 7.89. The molecule has 9 heteroatoms. The molecule has 0 aliphatic carbocycles. The molecule has 126 valence electrons. The SMILES string of the molecule is CCCS(=O)(=O)N1CCCC1c1noc(COCCOC)n1. The minimum atomic E-state index is -3.26. The minimum Gasteiger partial charge on any atom is -0.382 e. The quantitative estimate of drug-likeness (QED) is 0.625. The van der Waals surface area contributed by atoms with E-state index in [4.69, 9.17) is 14.0 Å². The lowest BCUT2D eigenvalue weighted by molar-refractivity contribution is 0.0494. The van der Waals surface area contributed by atoms with Gasteiger partial charge in [-0.25, -0.2) is 8.42 Å². The monoisotopic (exact) mass is 333 g/mol. The summed E-state index contributed by atoms with van der Waals surface area (Å²) in [6.45, 7) is 3.50. The average Bonchev–Trinajstić information content (AvgIpc) is 3.12. The van der Waals surface area contributed by atoms with Gasteiger partial charge < -0.3 is 14.0 Å². The van der Waals surface area contributed by atoms with Crippen LogP contribution in [0.4, 0.5) is 0 Å². The van der Waals surface area contributed by atoms with Crippen LogP contribution in [0.5, 0.6) is 0 Å². The summed E-state index contributed by atoms with van der Waals surface area (Å²) >= 11 is 0. The van der Waals surface area contributed by atoms with Crippen molar-refractivity contribution >= 4 is 10.0 Å². The highest BCUT2D eigenvalue weighted by Gasteiger charge is 2.37. The van der Waals surface area contributed by atoms with E-state index in [9.17, 15) is 8.42 Å². The highest BCUT2D eigenvalue weighted by Crippen LogP contribution is 2.33. The summed E-state index contributed by atoms with van der Waals surface area (Å²) in [6.07, 6.45) is 2.12. The zero-order chi connectivity index (χ0) is 16.0. The largest absolute Gasteiger partial charge is 0.382 e. The third kappa shape index (κ3) is 4.25. The predicted octanol–water partition coefficient (Wildman–Crippen LogP) is 1.11. The van der Waals surface area contributed by atoms with Crippen molar-refractivity contribution < 1.29 is 22.4 Å². The molecule has 0 radical (unpaired) electrons.